The molecule has 1 aliphatic rings. The van der Waals surface area contributed by atoms with Crippen molar-refractivity contribution in [3.05, 3.63) is 48.6 Å². The van der Waals surface area contributed by atoms with E-state index in [0.717, 1.165) is 37.4 Å². The summed E-state index contributed by atoms with van der Waals surface area (Å²) in [5.74, 6) is 0.220. The smallest absolute Gasteiger partial charge is 0.220 e. The van der Waals surface area contributed by atoms with Gasteiger partial charge < -0.3 is 5.32 Å². The third-order valence-electron chi connectivity index (χ3n) is 4.20. The highest BCUT2D eigenvalue weighted by Gasteiger charge is 2.22. The minimum atomic E-state index is 0.220. The van der Waals surface area contributed by atoms with E-state index < -0.39 is 0 Å². The van der Waals surface area contributed by atoms with Gasteiger partial charge in [-0.05, 0) is 64.2 Å². The van der Waals surface area contributed by atoms with Crippen LogP contribution in [0.1, 0.15) is 77.0 Å². The van der Waals surface area contributed by atoms with Gasteiger partial charge in [0.2, 0.25) is 5.91 Å². The third-order valence-corrected chi connectivity index (χ3v) is 4.77. The van der Waals surface area contributed by atoms with Crippen LogP contribution < -0.4 is 5.32 Å². The Bertz CT molecular complexity index is 461. The van der Waals surface area contributed by atoms with Gasteiger partial charge in [-0.2, -0.15) is 0 Å². The second-order valence-electron chi connectivity index (χ2n) is 6.87. The summed E-state index contributed by atoms with van der Waals surface area (Å²) in [5, 5.41) is 4.15. The molecule has 0 saturated heterocycles. The van der Waals surface area contributed by atoms with Crippen LogP contribution >= 0.6 is 15.9 Å². The predicted molar refractivity (Wildman–Crippen MR) is 118 cm³/mol. The fraction of sp³-hybridized carbons (Fsp3) is 0.609. The minimum Gasteiger partial charge on any atom is -0.353 e. The Kier molecular flexibility index (Phi) is 15.3. The normalized spacial score (nSPS) is 15.1. The van der Waals surface area contributed by atoms with Crippen molar-refractivity contribution in [2.75, 3.05) is 5.33 Å². The number of alkyl halides is 1. The van der Waals surface area contributed by atoms with Crippen LogP contribution in [0.2, 0.25) is 0 Å². The molecule has 0 spiro atoms. The molecule has 0 bridgehead atoms. The first-order chi connectivity index (χ1) is 12.8. The van der Waals surface area contributed by atoms with E-state index in [1.54, 1.807) is 0 Å². The van der Waals surface area contributed by atoms with E-state index >= 15 is 0 Å². The molecule has 0 aromatic rings. The van der Waals surface area contributed by atoms with Crippen molar-refractivity contribution in [2.24, 2.45) is 0 Å². The summed E-state index contributed by atoms with van der Waals surface area (Å²) in [6, 6.07) is 0.488. The van der Waals surface area contributed by atoms with Crippen LogP contribution in [-0.4, -0.2) is 17.3 Å². The average Bonchev–Trinajstić information content (AvgIpc) is 3.44. The Balaban J connectivity index is 1.85. The van der Waals surface area contributed by atoms with Crippen molar-refractivity contribution in [3.63, 3.8) is 0 Å². The molecule has 0 aromatic carbocycles. The second kappa shape index (κ2) is 17.3. The van der Waals surface area contributed by atoms with Crippen LogP contribution in [0.5, 0.6) is 0 Å². The number of carbonyl (C=O) groups excluding carboxylic acids is 1. The molecule has 3 heteroatoms. The first-order valence-electron chi connectivity index (χ1n) is 10.3. The van der Waals surface area contributed by atoms with Gasteiger partial charge in [-0.25, -0.2) is 0 Å². The number of amides is 1. The summed E-state index contributed by atoms with van der Waals surface area (Å²) in [6.07, 6.45) is 30.9. The van der Waals surface area contributed by atoms with Gasteiger partial charge in [-0.1, -0.05) is 71.0 Å². The Morgan fingerprint density at radius 3 is 1.85 bits per heavy atom. The van der Waals surface area contributed by atoms with Gasteiger partial charge in [0, 0.05) is 17.8 Å². The molecular weight excluding hydrogens is 386 g/mol. The van der Waals surface area contributed by atoms with Crippen molar-refractivity contribution in [2.45, 2.75) is 83.1 Å². The van der Waals surface area contributed by atoms with Crippen LogP contribution in [0.15, 0.2) is 48.6 Å². The zero-order chi connectivity index (χ0) is 18.7. The van der Waals surface area contributed by atoms with E-state index in [9.17, 15) is 4.79 Å². The third kappa shape index (κ3) is 16.4. The molecule has 1 fully saturated rings. The lowest BCUT2D eigenvalue weighted by Crippen LogP contribution is -2.24. The van der Waals surface area contributed by atoms with Crippen LogP contribution in [-0.2, 0) is 4.79 Å². The largest absolute Gasteiger partial charge is 0.353 e. The maximum Gasteiger partial charge on any atom is 0.220 e. The molecule has 2 nitrogen and oxygen atoms in total. The van der Waals surface area contributed by atoms with E-state index in [-0.39, 0.29) is 5.91 Å². The molecule has 1 rings (SSSR count). The number of carbonyl (C=O) groups is 1. The standard InChI is InChI=1S/C23H36BrNO/c24-21-17-15-13-11-9-7-5-3-1-2-4-6-8-10-12-14-16-18-23(26)25-22-19-20-22/h1,3-4,6-7,9-10,12,22H,2,5,8,11,13-21H2,(H,25,26). The van der Waals surface area contributed by atoms with E-state index in [2.05, 4.69) is 69.9 Å². The summed E-state index contributed by atoms with van der Waals surface area (Å²) in [6.45, 7) is 0. The summed E-state index contributed by atoms with van der Waals surface area (Å²) < 4.78 is 0. The number of hydrogen-bond donors (Lipinski definition) is 1. The second-order valence-corrected chi connectivity index (χ2v) is 7.66. The number of hydrogen-bond acceptors (Lipinski definition) is 1. The number of halogens is 1. The first-order valence-corrected chi connectivity index (χ1v) is 11.4. The molecule has 26 heavy (non-hydrogen) atoms. The van der Waals surface area contributed by atoms with Gasteiger partial charge in [-0.15, -0.1) is 0 Å². The van der Waals surface area contributed by atoms with Gasteiger partial charge >= 0.3 is 0 Å². The quantitative estimate of drug-likeness (QED) is 0.166. The van der Waals surface area contributed by atoms with Crippen molar-refractivity contribution in [1.29, 1.82) is 0 Å². The van der Waals surface area contributed by atoms with Gasteiger partial charge in [0.25, 0.3) is 0 Å². The van der Waals surface area contributed by atoms with Crippen LogP contribution in [0.25, 0.3) is 0 Å². The molecule has 0 aliphatic heterocycles. The zero-order valence-corrected chi connectivity index (χ0v) is 17.8. The molecule has 0 unspecified atom stereocenters. The van der Waals surface area contributed by atoms with Crippen molar-refractivity contribution < 1.29 is 4.79 Å². The highest BCUT2D eigenvalue weighted by Crippen LogP contribution is 2.18. The van der Waals surface area contributed by atoms with Crippen LogP contribution in [0.3, 0.4) is 0 Å². The lowest BCUT2D eigenvalue weighted by molar-refractivity contribution is -0.121. The molecule has 1 saturated carbocycles. The predicted octanol–water partition coefficient (Wildman–Crippen LogP) is 6.79. The van der Waals surface area contributed by atoms with E-state index in [4.69, 9.17) is 0 Å². The van der Waals surface area contributed by atoms with Crippen molar-refractivity contribution >= 4 is 21.8 Å². The van der Waals surface area contributed by atoms with E-state index in [1.807, 2.05) is 0 Å². The van der Waals surface area contributed by atoms with E-state index in [1.165, 1.54) is 38.5 Å². The number of rotatable bonds is 16. The lowest BCUT2D eigenvalue weighted by atomic mass is 10.2. The molecular formula is C23H36BrNO. The SMILES string of the molecule is O=C(CCCC=CCC=CCC=CCC=CCCCCCBr)NC1CC1. The number of unbranched alkanes of at least 4 members (excludes halogenated alkanes) is 4. The summed E-state index contributed by atoms with van der Waals surface area (Å²) in [5.41, 5.74) is 0. The molecule has 1 amide bonds. The summed E-state index contributed by atoms with van der Waals surface area (Å²) in [7, 11) is 0. The Hall–Kier alpha value is -1.09. The first kappa shape index (κ1) is 23.0. The van der Waals surface area contributed by atoms with Crippen molar-refractivity contribution in [3.8, 4) is 0 Å². The average molecular weight is 422 g/mol. The topological polar surface area (TPSA) is 29.1 Å². The molecule has 1 N–H and O–H groups in total. The molecule has 0 atom stereocenters. The van der Waals surface area contributed by atoms with Crippen LogP contribution in [0.4, 0.5) is 0 Å². The molecule has 0 radical (unpaired) electrons. The Morgan fingerprint density at radius 2 is 1.31 bits per heavy atom. The lowest BCUT2D eigenvalue weighted by Gasteiger charge is -2.00. The van der Waals surface area contributed by atoms with Crippen LogP contribution in [0, 0.1) is 0 Å². The molecule has 146 valence electrons. The maximum absolute atomic E-state index is 11.5. The van der Waals surface area contributed by atoms with Gasteiger partial charge in [0.05, 0.1) is 0 Å². The Morgan fingerprint density at radius 1 is 0.769 bits per heavy atom. The summed E-state index contributed by atoms with van der Waals surface area (Å²) >= 11 is 3.46. The highest BCUT2D eigenvalue weighted by molar-refractivity contribution is 9.09. The number of allylic oxidation sites excluding steroid dienone is 8. The minimum absolute atomic E-state index is 0.220. The fourth-order valence-electron chi connectivity index (χ4n) is 2.49. The van der Waals surface area contributed by atoms with Gasteiger partial charge in [0.1, 0.15) is 0 Å². The zero-order valence-electron chi connectivity index (χ0n) is 16.2. The van der Waals surface area contributed by atoms with Gasteiger partial charge in [0.15, 0.2) is 0 Å². The number of nitrogens with one attached hydrogen (secondary N) is 1. The highest BCUT2D eigenvalue weighted by atomic mass is 79.9. The van der Waals surface area contributed by atoms with E-state index in [0.29, 0.717) is 12.5 Å². The molecule has 0 aromatic heterocycles. The van der Waals surface area contributed by atoms with Crippen molar-refractivity contribution in [1.82, 2.24) is 5.32 Å². The van der Waals surface area contributed by atoms with Gasteiger partial charge in [-0.3, -0.25) is 4.79 Å². The molecule has 1 aliphatic carbocycles. The maximum atomic E-state index is 11.5. The molecule has 0 heterocycles. The Labute approximate surface area is 169 Å². The monoisotopic (exact) mass is 421 g/mol. The fourth-order valence-corrected chi connectivity index (χ4v) is 2.89. The summed E-state index contributed by atoms with van der Waals surface area (Å²) in [4.78, 5) is 11.5.